The predicted molar refractivity (Wildman–Crippen MR) is 57.5 cm³/mol. The number of likely N-dealkylation sites (tertiary alicyclic amines) is 1. The standard InChI is InChI=1S/C9H16INO/c1-2-12-9-5-7(9)8-3-4-11(8)6-10/h7-9H,2-6H2,1H3. The predicted octanol–water partition coefficient (Wildman–Crippen LogP) is 1.88. The largest absolute Gasteiger partial charge is 0.378 e. The monoisotopic (exact) mass is 281 g/mol. The molecule has 0 N–H and O–H groups in total. The number of nitrogens with zero attached hydrogens (tertiary/aromatic N) is 1. The summed E-state index contributed by atoms with van der Waals surface area (Å²) in [4.78, 5) is 2.56. The summed E-state index contributed by atoms with van der Waals surface area (Å²) < 4.78 is 6.78. The van der Waals surface area contributed by atoms with Gasteiger partial charge in [-0.2, -0.15) is 0 Å². The first-order valence-corrected chi connectivity index (χ1v) is 6.31. The van der Waals surface area contributed by atoms with Gasteiger partial charge in [0, 0.05) is 25.1 Å². The Kier molecular flexibility index (Phi) is 2.92. The van der Waals surface area contributed by atoms with Gasteiger partial charge < -0.3 is 4.74 Å². The van der Waals surface area contributed by atoms with Crippen LogP contribution in [0.25, 0.3) is 0 Å². The van der Waals surface area contributed by atoms with Gasteiger partial charge in [-0.3, -0.25) is 4.90 Å². The van der Waals surface area contributed by atoms with Crippen LogP contribution in [-0.2, 0) is 4.74 Å². The van der Waals surface area contributed by atoms with Gasteiger partial charge in [0.05, 0.1) is 10.7 Å². The van der Waals surface area contributed by atoms with Crippen molar-refractivity contribution < 1.29 is 4.74 Å². The van der Waals surface area contributed by atoms with Crippen LogP contribution in [0.3, 0.4) is 0 Å². The van der Waals surface area contributed by atoms with Crippen molar-refractivity contribution in [2.24, 2.45) is 5.92 Å². The average Bonchev–Trinajstić information content (AvgIpc) is 2.68. The van der Waals surface area contributed by atoms with Gasteiger partial charge in [0.15, 0.2) is 0 Å². The number of halogens is 1. The molecule has 1 saturated heterocycles. The highest BCUT2D eigenvalue weighted by Crippen LogP contribution is 2.43. The Hall–Kier alpha value is 0.650. The van der Waals surface area contributed by atoms with E-state index in [0.717, 1.165) is 18.6 Å². The summed E-state index contributed by atoms with van der Waals surface area (Å²) in [6.45, 7) is 4.29. The Balaban J connectivity index is 1.74. The van der Waals surface area contributed by atoms with Crippen molar-refractivity contribution >= 4 is 22.6 Å². The minimum atomic E-state index is 0.603. The van der Waals surface area contributed by atoms with Crippen LogP contribution in [0, 0.1) is 5.92 Å². The van der Waals surface area contributed by atoms with E-state index >= 15 is 0 Å². The molecule has 0 spiro atoms. The fourth-order valence-corrected chi connectivity index (χ4v) is 2.94. The smallest absolute Gasteiger partial charge is 0.0623 e. The fraction of sp³-hybridized carbons (Fsp3) is 1.00. The van der Waals surface area contributed by atoms with Crippen LogP contribution in [0.2, 0.25) is 0 Å². The van der Waals surface area contributed by atoms with Gasteiger partial charge in [-0.1, -0.05) is 22.6 Å². The molecular formula is C9H16INO. The minimum Gasteiger partial charge on any atom is -0.378 e. The molecule has 0 aromatic heterocycles. The third-order valence-electron chi connectivity index (χ3n) is 2.99. The summed E-state index contributed by atoms with van der Waals surface area (Å²) in [5.74, 6) is 0.869. The highest BCUT2D eigenvalue weighted by molar-refractivity contribution is 14.1. The molecule has 0 aromatic carbocycles. The number of ether oxygens (including phenoxy) is 1. The van der Waals surface area contributed by atoms with Crippen molar-refractivity contribution in [3.8, 4) is 0 Å². The van der Waals surface area contributed by atoms with Gasteiger partial charge >= 0.3 is 0 Å². The van der Waals surface area contributed by atoms with Gasteiger partial charge in [0.25, 0.3) is 0 Å². The van der Waals surface area contributed by atoms with Crippen LogP contribution >= 0.6 is 22.6 Å². The molecule has 0 bridgehead atoms. The molecule has 0 radical (unpaired) electrons. The molecule has 1 heterocycles. The second kappa shape index (κ2) is 3.80. The van der Waals surface area contributed by atoms with Crippen molar-refractivity contribution in [3.63, 3.8) is 0 Å². The van der Waals surface area contributed by atoms with Crippen LogP contribution in [0.4, 0.5) is 0 Å². The van der Waals surface area contributed by atoms with E-state index in [9.17, 15) is 0 Å². The molecule has 2 aliphatic rings. The number of alkyl halides is 1. The van der Waals surface area contributed by atoms with E-state index in [1.807, 2.05) is 0 Å². The van der Waals surface area contributed by atoms with Crippen molar-refractivity contribution in [2.45, 2.75) is 31.9 Å². The summed E-state index contributed by atoms with van der Waals surface area (Å²) in [6, 6.07) is 0.860. The maximum atomic E-state index is 5.59. The summed E-state index contributed by atoms with van der Waals surface area (Å²) in [5, 5.41) is 0. The Labute approximate surface area is 87.8 Å². The Bertz CT molecular complexity index is 163. The third kappa shape index (κ3) is 1.63. The number of hydrogen-bond donors (Lipinski definition) is 0. The van der Waals surface area contributed by atoms with Crippen molar-refractivity contribution in [1.82, 2.24) is 4.90 Å². The quantitative estimate of drug-likeness (QED) is 0.443. The molecular weight excluding hydrogens is 265 g/mol. The first-order valence-electron chi connectivity index (χ1n) is 4.78. The van der Waals surface area contributed by atoms with E-state index in [4.69, 9.17) is 4.74 Å². The number of hydrogen-bond acceptors (Lipinski definition) is 2. The van der Waals surface area contributed by atoms with E-state index < -0.39 is 0 Å². The SMILES string of the molecule is CCOC1CC1C1CCN1CI. The second-order valence-corrected chi connectivity index (χ2v) is 4.36. The first kappa shape index (κ1) is 9.21. The summed E-state index contributed by atoms with van der Waals surface area (Å²) >= 11 is 2.45. The van der Waals surface area contributed by atoms with E-state index in [1.165, 1.54) is 23.9 Å². The molecule has 1 saturated carbocycles. The Morgan fingerprint density at radius 3 is 2.92 bits per heavy atom. The summed E-state index contributed by atoms with van der Waals surface area (Å²) in [6.07, 6.45) is 3.31. The van der Waals surface area contributed by atoms with Crippen molar-refractivity contribution in [3.05, 3.63) is 0 Å². The molecule has 1 aliphatic heterocycles. The lowest BCUT2D eigenvalue weighted by molar-refractivity contribution is 0.0600. The van der Waals surface area contributed by atoms with Gasteiger partial charge in [-0.15, -0.1) is 0 Å². The second-order valence-electron chi connectivity index (χ2n) is 3.68. The van der Waals surface area contributed by atoms with E-state index in [-0.39, 0.29) is 0 Å². The molecule has 2 rings (SSSR count). The maximum Gasteiger partial charge on any atom is 0.0623 e. The van der Waals surface area contributed by atoms with Gasteiger partial charge in [-0.05, 0) is 19.8 Å². The molecule has 2 nitrogen and oxygen atoms in total. The maximum absolute atomic E-state index is 5.59. The van der Waals surface area contributed by atoms with E-state index in [0.29, 0.717) is 6.10 Å². The lowest BCUT2D eigenvalue weighted by atomic mass is 9.99. The first-order chi connectivity index (χ1) is 5.86. The van der Waals surface area contributed by atoms with Crippen LogP contribution in [0.1, 0.15) is 19.8 Å². The molecule has 12 heavy (non-hydrogen) atoms. The van der Waals surface area contributed by atoms with Crippen LogP contribution < -0.4 is 0 Å². The highest BCUT2D eigenvalue weighted by Gasteiger charge is 2.48. The van der Waals surface area contributed by atoms with Crippen LogP contribution in [0.15, 0.2) is 0 Å². The Morgan fingerprint density at radius 1 is 1.58 bits per heavy atom. The molecule has 2 fully saturated rings. The van der Waals surface area contributed by atoms with Crippen LogP contribution in [0.5, 0.6) is 0 Å². The van der Waals surface area contributed by atoms with Crippen molar-refractivity contribution in [2.75, 3.05) is 17.7 Å². The van der Waals surface area contributed by atoms with E-state index in [1.54, 1.807) is 0 Å². The van der Waals surface area contributed by atoms with E-state index in [2.05, 4.69) is 34.4 Å². The lowest BCUT2D eigenvalue weighted by Gasteiger charge is -2.40. The molecule has 0 aromatic rings. The normalized spacial score (nSPS) is 41.0. The summed E-state index contributed by atoms with van der Waals surface area (Å²) in [7, 11) is 0. The van der Waals surface area contributed by atoms with Crippen LogP contribution in [-0.4, -0.2) is 34.7 Å². The minimum absolute atomic E-state index is 0.603. The van der Waals surface area contributed by atoms with Gasteiger partial charge in [0.2, 0.25) is 0 Å². The van der Waals surface area contributed by atoms with Crippen molar-refractivity contribution in [1.29, 1.82) is 0 Å². The molecule has 70 valence electrons. The molecule has 1 aliphatic carbocycles. The number of rotatable bonds is 4. The molecule has 3 unspecified atom stereocenters. The zero-order valence-corrected chi connectivity index (χ0v) is 9.66. The molecule has 3 heteroatoms. The summed E-state index contributed by atoms with van der Waals surface area (Å²) in [5.41, 5.74) is 0. The Morgan fingerprint density at radius 2 is 2.42 bits per heavy atom. The third-order valence-corrected chi connectivity index (χ3v) is 3.86. The molecule has 3 atom stereocenters. The highest BCUT2D eigenvalue weighted by atomic mass is 127. The average molecular weight is 281 g/mol. The zero-order chi connectivity index (χ0) is 8.55. The lowest BCUT2D eigenvalue weighted by Crippen LogP contribution is -2.48. The zero-order valence-electron chi connectivity index (χ0n) is 7.50. The van der Waals surface area contributed by atoms with Gasteiger partial charge in [-0.25, -0.2) is 0 Å². The molecule has 0 amide bonds. The fourth-order valence-electron chi connectivity index (χ4n) is 2.09. The topological polar surface area (TPSA) is 12.5 Å². The van der Waals surface area contributed by atoms with Gasteiger partial charge in [0.1, 0.15) is 0 Å².